The molecule has 0 unspecified atom stereocenters. The molecule has 0 saturated heterocycles. The molecule has 2 rings (SSSR count). The van der Waals surface area contributed by atoms with Crippen molar-refractivity contribution in [1.82, 2.24) is 0 Å². The van der Waals surface area contributed by atoms with E-state index < -0.39 is 18.1 Å². The van der Waals surface area contributed by atoms with E-state index in [-0.39, 0.29) is 11.9 Å². The van der Waals surface area contributed by atoms with E-state index >= 15 is 0 Å². The first-order valence-corrected chi connectivity index (χ1v) is 6.34. The minimum atomic E-state index is -0.604. The van der Waals surface area contributed by atoms with Crippen molar-refractivity contribution in [1.29, 1.82) is 0 Å². The lowest BCUT2D eigenvalue weighted by Crippen LogP contribution is -2.49. The van der Waals surface area contributed by atoms with Crippen LogP contribution < -0.4 is 5.73 Å². The molecule has 0 radical (unpaired) electrons. The van der Waals surface area contributed by atoms with Crippen molar-refractivity contribution in [2.45, 2.75) is 43.2 Å². The summed E-state index contributed by atoms with van der Waals surface area (Å²) in [5, 5.41) is 9.59. The Bertz CT molecular complexity index is 385. The normalized spacial score (nSPS) is 30.1. The average Bonchev–Trinajstić information content (AvgIpc) is 2.40. The first-order chi connectivity index (χ1) is 8.58. The summed E-state index contributed by atoms with van der Waals surface area (Å²) < 4.78 is 26.0. The molecule has 1 aromatic carbocycles. The number of aliphatic hydroxyl groups excluding tert-OH is 1. The van der Waals surface area contributed by atoms with Crippen molar-refractivity contribution in [2.75, 3.05) is 6.67 Å². The quantitative estimate of drug-likeness (QED) is 0.870. The van der Waals surface area contributed by atoms with E-state index in [1.807, 2.05) is 0 Å². The van der Waals surface area contributed by atoms with Crippen molar-refractivity contribution >= 4 is 0 Å². The van der Waals surface area contributed by atoms with Crippen LogP contribution in [0.1, 0.15) is 31.2 Å². The molecule has 1 saturated carbocycles. The van der Waals surface area contributed by atoms with Gasteiger partial charge < -0.3 is 10.8 Å². The molecule has 0 spiro atoms. The Labute approximate surface area is 106 Å². The molecule has 0 aromatic heterocycles. The summed E-state index contributed by atoms with van der Waals surface area (Å²) in [5.74, 6) is -0.307. The molecule has 100 valence electrons. The maximum Gasteiger partial charge on any atom is 0.123 e. The summed E-state index contributed by atoms with van der Waals surface area (Å²) in [6, 6.07) is 5.53. The van der Waals surface area contributed by atoms with E-state index in [4.69, 9.17) is 5.73 Å². The van der Waals surface area contributed by atoms with Crippen LogP contribution in [0.3, 0.4) is 0 Å². The lowest BCUT2D eigenvalue weighted by molar-refractivity contribution is 0.0813. The van der Waals surface area contributed by atoms with Gasteiger partial charge in [-0.1, -0.05) is 12.1 Å². The first kappa shape index (κ1) is 13.4. The van der Waals surface area contributed by atoms with E-state index in [1.54, 1.807) is 12.1 Å². The van der Waals surface area contributed by atoms with Crippen LogP contribution in [-0.4, -0.2) is 23.9 Å². The third kappa shape index (κ3) is 2.40. The third-order valence-electron chi connectivity index (χ3n) is 4.14. The maximum atomic E-state index is 13.0. The van der Waals surface area contributed by atoms with Gasteiger partial charge in [-0.2, -0.15) is 0 Å². The van der Waals surface area contributed by atoms with Crippen molar-refractivity contribution in [3.8, 4) is 0 Å². The fraction of sp³-hybridized carbons (Fsp3) is 0.571. The number of alkyl halides is 1. The van der Waals surface area contributed by atoms with Gasteiger partial charge in [-0.15, -0.1) is 0 Å². The lowest BCUT2D eigenvalue weighted by Gasteiger charge is -2.43. The number of benzene rings is 1. The Morgan fingerprint density at radius 1 is 1.28 bits per heavy atom. The molecule has 1 atom stereocenters. The highest BCUT2D eigenvalue weighted by Crippen LogP contribution is 2.41. The highest BCUT2D eigenvalue weighted by Gasteiger charge is 2.41. The van der Waals surface area contributed by atoms with Crippen LogP contribution in [0.4, 0.5) is 8.78 Å². The highest BCUT2D eigenvalue weighted by atomic mass is 19.1. The van der Waals surface area contributed by atoms with Gasteiger partial charge in [0, 0.05) is 11.5 Å². The molecule has 0 heterocycles. The molecular weight excluding hydrogens is 236 g/mol. The molecule has 1 aromatic rings. The predicted octanol–water partition coefficient (Wildman–Crippen LogP) is 2.30. The second-order valence-electron chi connectivity index (χ2n) is 5.16. The number of hydrogen-bond donors (Lipinski definition) is 2. The van der Waals surface area contributed by atoms with Gasteiger partial charge in [-0.05, 0) is 43.4 Å². The zero-order valence-corrected chi connectivity index (χ0v) is 10.3. The Balaban J connectivity index is 2.33. The molecule has 4 heteroatoms. The average molecular weight is 255 g/mol. The Morgan fingerprint density at radius 2 is 1.83 bits per heavy atom. The van der Waals surface area contributed by atoms with E-state index in [9.17, 15) is 13.9 Å². The largest absolute Gasteiger partial charge is 0.393 e. The van der Waals surface area contributed by atoms with Crippen LogP contribution in [-0.2, 0) is 5.41 Å². The SMILES string of the molecule is N[C@H](CF)[C@]1(c2ccc(F)cc2)CC[C@@H](O)CC1. The van der Waals surface area contributed by atoms with Gasteiger partial charge in [-0.3, -0.25) is 0 Å². The van der Waals surface area contributed by atoms with Gasteiger partial charge in [0.25, 0.3) is 0 Å². The zero-order chi connectivity index (χ0) is 13.2. The highest BCUT2D eigenvalue weighted by molar-refractivity contribution is 5.29. The minimum Gasteiger partial charge on any atom is -0.393 e. The van der Waals surface area contributed by atoms with Crippen molar-refractivity contribution < 1.29 is 13.9 Å². The van der Waals surface area contributed by atoms with Crippen molar-refractivity contribution in [3.05, 3.63) is 35.6 Å². The minimum absolute atomic E-state index is 0.307. The van der Waals surface area contributed by atoms with Crippen LogP contribution in [0.5, 0.6) is 0 Å². The Kier molecular flexibility index (Phi) is 3.97. The van der Waals surface area contributed by atoms with Gasteiger partial charge in [0.1, 0.15) is 12.5 Å². The third-order valence-corrected chi connectivity index (χ3v) is 4.14. The summed E-state index contributed by atoms with van der Waals surface area (Å²) in [6.07, 6.45) is 2.19. The van der Waals surface area contributed by atoms with Gasteiger partial charge in [0.15, 0.2) is 0 Å². The van der Waals surface area contributed by atoms with Gasteiger partial charge in [0.05, 0.1) is 6.10 Å². The fourth-order valence-electron chi connectivity index (χ4n) is 2.92. The fourth-order valence-corrected chi connectivity index (χ4v) is 2.92. The number of rotatable bonds is 3. The number of hydrogen-bond acceptors (Lipinski definition) is 2. The summed E-state index contributed by atoms with van der Waals surface area (Å²) >= 11 is 0. The molecule has 1 fully saturated rings. The molecule has 1 aliphatic rings. The standard InChI is InChI=1S/C14H19F2NO/c15-9-13(17)14(7-5-12(18)6-8-14)10-1-3-11(16)4-2-10/h1-4,12-13,18H,5-9,17H2/t12-,13-,14-/m1/s1. The molecule has 18 heavy (non-hydrogen) atoms. The molecule has 2 nitrogen and oxygen atoms in total. The van der Waals surface area contributed by atoms with Crippen LogP contribution in [0.15, 0.2) is 24.3 Å². The van der Waals surface area contributed by atoms with Crippen LogP contribution in [0, 0.1) is 5.82 Å². The molecule has 0 amide bonds. The van der Waals surface area contributed by atoms with E-state index in [2.05, 4.69) is 0 Å². The smallest absolute Gasteiger partial charge is 0.123 e. The van der Waals surface area contributed by atoms with Crippen LogP contribution in [0.2, 0.25) is 0 Å². The summed E-state index contributed by atoms with van der Waals surface area (Å²) in [4.78, 5) is 0. The molecular formula is C14H19F2NO. The summed E-state index contributed by atoms with van der Waals surface area (Å²) in [5.41, 5.74) is 6.35. The van der Waals surface area contributed by atoms with Gasteiger partial charge in [-0.25, -0.2) is 8.78 Å². The Morgan fingerprint density at radius 3 is 2.33 bits per heavy atom. The monoisotopic (exact) mass is 255 g/mol. The predicted molar refractivity (Wildman–Crippen MR) is 66.5 cm³/mol. The van der Waals surface area contributed by atoms with Crippen molar-refractivity contribution in [2.24, 2.45) is 5.73 Å². The lowest BCUT2D eigenvalue weighted by atomic mass is 9.65. The van der Waals surface area contributed by atoms with Gasteiger partial charge >= 0.3 is 0 Å². The van der Waals surface area contributed by atoms with Gasteiger partial charge in [0.2, 0.25) is 0 Å². The van der Waals surface area contributed by atoms with Crippen LogP contribution in [0.25, 0.3) is 0 Å². The topological polar surface area (TPSA) is 46.2 Å². The maximum absolute atomic E-state index is 13.0. The zero-order valence-electron chi connectivity index (χ0n) is 10.3. The first-order valence-electron chi connectivity index (χ1n) is 6.34. The summed E-state index contributed by atoms with van der Waals surface area (Å²) in [7, 11) is 0. The van der Waals surface area contributed by atoms with E-state index in [1.165, 1.54) is 12.1 Å². The second-order valence-corrected chi connectivity index (χ2v) is 5.16. The molecule has 0 bridgehead atoms. The van der Waals surface area contributed by atoms with Crippen LogP contribution >= 0.6 is 0 Å². The number of aliphatic hydroxyl groups is 1. The molecule has 0 aliphatic heterocycles. The molecule has 3 N–H and O–H groups in total. The molecule has 1 aliphatic carbocycles. The number of nitrogens with two attached hydrogens (primary N) is 1. The van der Waals surface area contributed by atoms with E-state index in [0.29, 0.717) is 25.7 Å². The summed E-state index contributed by atoms with van der Waals surface area (Å²) in [6.45, 7) is -0.604. The van der Waals surface area contributed by atoms with Crippen molar-refractivity contribution in [3.63, 3.8) is 0 Å². The second kappa shape index (κ2) is 5.33. The number of halogens is 2. The van der Waals surface area contributed by atoms with E-state index in [0.717, 1.165) is 5.56 Å². The Hall–Kier alpha value is -1.00.